The highest BCUT2D eigenvalue weighted by Gasteiger charge is 2.31. The lowest BCUT2D eigenvalue weighted by molar-refractivity contribution is -0.137. The zero-order valence-electron chi connectivity index (χ0n) is 15.4. The Bertz CT molecular complexity index is 1080. The summed E-state index contributed by atoms with van der Waals surface area (Å²) >= 11 is 12.0. The molecule has 0 saturated carbocycles. The first-order valence-corrected chi connectivity index (χ1v) is 9.28. The zero-order valence-corrected chi connectivity index (χ0v) is 17.0. The number of carbonyl (C=O) groups is 1. The summed E-state index contributed by atoms with van der Waals surface area (Å²) in [6.45, 7) is 3.86. The van der Waals surface area contributed by atoms with Gasteiger partial charge in [-0.25, -0.2) is 0 Å². The molecule has 152 valence electrons. The molecule has 0 aliphatic heterocycles. The Labute approximate surface area is 175 Å². The van der Waals surface area contributed by atoms with E-state index in [-0.39, 0.29) is 5.56 Å². The maximum absolute atomic E-state index is 12.9. The number of nitrogens with one attached hydrogen (secondary N) is 1. The molecule has 1 aromatic heterocycles. The van der Waals surface area contributed by atoms with Crippen LogP contribution in [-0.2, 0) is 12.7 Å². The largest absolute Gasteiger partial charge is 0.416 e. The molecule has 0 fully saturated rings. The number of aryl methyl sites for hydroxylation is 1. The predicted molar refractivity (Wildman–Crippen MR) is 107 cm³/mol. The minimum atomic E-state index is -4.52. The van der Waals surface area contributed by atoms with Crippen LogP contribution < -0.4 is 5.32 Å². The number of alkyl halides is 3. The van der Waals surface area contributed by atoms with E-state index in [1.165, 1.54) is 12.1 Å². The number of rotatable bonds is 4. The van der Waals surface area contributed by atoms with E-state index in [1.54, 1.807) is 30.7 Å². The molecule has 0 spiro atoms. The number of nitrogens with zero attached hydrogens (tertiary/aromatic N) is 2. The van der Waals surface area contributed by atoms with Crippen molar-refractivity contribution in [2.24, 2.45) is 0 Å². The Kier molecular flexibility index (Phi) is 5.91. The van der Waals surface area contributed by atoms with Gasteiger partial charge < -0.3 is 5.32 Å². The number of benzene rings is 2. The van der Waals surface area contributed by atoms with Crippen molar-refractivity contribution >= 4 is 34.8 Å². The fourth-order valence-electron chi connectivity index (χ4n) is 2.87. The van der Waals surface area contributed by atoms with Crippen molar-refractivity contribution in [2.75, 3.05) is 5.32 Å². The first-order valence-electron chi connectivity index (χ1n) is 8.53. The van der Waals surface area contributed by atoms with E-state index in [0.29, 0.717) is 33.7 Å². The van der Waals surface area contributed by atoms with Gasteiger partial charge in [-0.15, -0.1) is 0 Å². The van der Waals surface area contributed by atoms with Crippen LogP contribution in [0.15, 0.2) is 42.5 Å². The third kappa shape index (κ3) is 4.74. The van der Waals surface area contributed by atoms with E-state index >= 15 is 0 Å². The van der Waals surface area contributed by atoms with Crippen LogP contribution in [0, 0.1) is 13.8 Å². The van der Waals surface area contributed by atoms with Gasteiger partial charge in [0.1, 0.15) is 0 Å². The number of aromatic nitrogens is 2. The molecule has 1 N–H and O–H groups in total. The average Bonchev–Trinajstić information content (AvgIpc) is 2.91. The second-order valence-corrected chi connectivity index (χ2v) is 7.30. The third-order valence-electron chi connectivity index (χ3n) is 4.39. The molecule has 0 saturated heterocycles. The highest BCUT2D eigenvalue weighted by Crippen LogP contribution is 2.30. The topological polar surface area (TPSA) is 46.9 Å². The quantitative estimate of drug-likeness (QED) is 0.529. The summed E-state index contributed by atoms with van der Waals surface area (Å²) in [5.41, 5.74) is 1.55. The fourth-order valence-corrected chi connectivity index (χ4v) is 3.19. The smallest absolute Gasteiger partial charge is 0.319 e. The standard InChI is InChI=1S/C20H16Cl2F3N3O/c1-11-18(26-19(29)14-4-3-5-15(9-14)20(23,24)25)12(2)28(27-11)10-13-6-7-16(21)17(22)8-13/h3-9H,10H2,1-2H3,(H,26,29). The molecule has 2 aromatic carbocycles. The van der Waals surface area contributed by atoms with E-state index in [2.05, 4.69) is 10.4 Å². The molecule has 0 unspecified atom stereocenters. The molecule has 1 amide bonds. The average molecular weight is 442 g/mol. The molecule has 0 aliphatic carbocycles. The summed E-state index contributed by atoms with van der Waals surface area (Å²) in [4.78, 5) is 12.5. The van der Waals surface area contributed by atoms with Gasteiger partial charge in [0.2, 0.25) is 0 Å². The van der Waals surface area contributed by atoms with Gasteiger partial charge in [-0.2, -0.15) is 18.3 Å². The van der Waals surface area contributed by atoms with Crippen LogP contribution in [0.3, 0.4) is 0 Å². The molecule has 3 aromatic rings. The Balaban J connectivity index is 1.83. The first kappa shape index (κ1) is 21.2. The van der Waals surface area contributed by atoms with Gasteiger partial charge in [0.05, 0.1) is 39.2 Å². The van der Waals surface area contributed by atoms with Gasteiger partial charge >= 0.3 is 6.18 Å². The number of hydrogen-bond donors (Lipinski definition) is 1. The second-order valence-electron chi connectivity index (χ2n) is 6.48. The molecule has 0 bridgehead atoms. The summed E-state index contributed by atoms with van der Waals surface area (Å²) in [6, 6.07) is 9.48. The lowest BCUT2D eigenvalue weighted by atomic mass is 10.1. The third-order valence-corrected chi connectivity index (χ3v) is 5.13. The van der Waals surface area contributed by atoms with Crippen LogP contribution in [0.4, 0.5) is 18.9 Å². The second kappa shape index (κ2) is 8.08. The molecular formula is C20H16Cl2F3N3O. The van der Waals surface area contributed by atoms with Gasteiger partial charge in [0.15, 0.2) is 0 Å². The zero-order chi connectivity index (χ0) is 21.3. The van der Waals surface area contributed by atoms with Crippen LogP contribution >= 0.6 is 23.2 Å². The number of amides is 1. The number of anilines is 1. The summed E-state index contributed by atoms with van der Waals surface area (Å²) in [7, 11) is 0. The Hall–Kier alpha value is -2.51. The van der Waals surface area contributed by atoms with Crippen LogP contribution in [0.1, 0.15) is 32.9 Å². The molecular weight excluding hydrogens is 426 g/mol. The summed E-state index contributed by atoms with van der Waals surface area (Å²) in [5, 5.41) is 7.93. The van der Waals surface area contributed by atoms with Gasteiger partial charge in [-0.05, 0) is 49.7 Å². The van der Waals surface area contributed by atoms with Crippen molar-refractivity contribution in [3.8, 4) is 0 Å². The fraction of sp³-hybridized carbons (Fsp3) is 0.200. The Morgan fingerprint density at radius 3 is 2.48 bits per heavy atom. The predicted octanol–water partition coefficient (Wildman–Crippen LogP) is 6.13. The highest BCUT2D eigenvalue weighted by atomic mass is 35.5. The van der Waals surface area contributed by atoms with Crippen LogP contribution in [-0.4, -0.2) is 15.7 Å². The number of hydrogen-bond acceptors (Lipinski definition) is 2. The first-order chi connectivity index (χ1) is 13.6. The molecule has 0 atom stereocenters. The van der Waals surface area contributed by atoms with Crippen LogP contribution in [0.5, 0.6) is 0 Å². The monoisotopic (exact) mass is 441 g/mol. The number of halogens is 5. The molecule has 0 radical (unpaired) electrons. The highest BCUT2D eigenvalue weighted by molar-refractivity contribution is 6.42. The minimum absolute atomic E-state index is 0.0872. The molecule has 1 heterocycles. The molecule has 29 heavy (non-hydrogen) atoms. The minimum Gasteiger partial charge on any atom is -0.319 e. The van der Waals surface area contributed by atoms with Crippen molar-refractivity contribution in [3.05, 3.63) is 80.6 Å². The SMILES string of the molecule is Cc1nn(Cc2ccc(Cl)c(Cl)c2)c(C)c1NC(=O)c1cccc(C(F)(F)F)c1. The van der Waals surface area contributed by atoms with Crippen molar-refractivity contribution < 1.29 is 18.0 Å². The van der Waals surface area contributed by atoms with Crippen molar-refractivity contribution in [1.82, 2.24) is 9.78 Å². The van der Waals surface area contributed by atoms with E-state index < -0.39 is 17.6 Å². The van der Waals surface area contributed by atoms with Crippen molar-refractivity contribution in [3.63, 3.8) is 0 Å². The van der Waals surface area contributed by atoms with E-state index in [9.17, 15) is 18.0 Å². The summed E-state index contributed by atoms with van der Waals surface area (Å²) in [5.74, 6) is -0.642. The van der Waals surface area contributed by atoms with Crippen LogP contribution in [0.2, 0.25) is 10.0 Å². The maximum Gasteiger partial charge on any atom is 0.416 e. The molecule has 4 nitrogen and oxygen atoms in total. The maximum atomic E-state index is 12.9. The lowest BCUT2D eigenvalue weighted by Gasteiger charge is -2.10. The van der Waals surface area contributed by atoms with Gasteiger partial charge in [0.25, 0.3) is 5.91 Å². The molecule has 0 aliphatic rings. The van der Waals surface area contributed by atoms with Crippen molar-refractivity contribution in [1.29, 1.82) is 0 Å². The molecule has 3 rings (SSSR count). The number of carbonyl (C=O) groups excluding carboxylic acids is 1. The van der Waals surface area contributed by atoms with Crippen LogP contribution in [0.25, 0.3) is 0 Å². The Morgan fingerprint density at radius 2 is 1.83 bits per heavy atom. The normalized spacial score (nSPS) is 11.6. The summed E-state index contributed by atoms with van der Waals surface area (Å²) in [6.07, 6.45) is -4.52. The van der Waals surface area contributed by atoms with E-state index in [0.717, 1.165) is 17.7 Å². The summed E-state index contributed by atoms with van der Waals surface area (Å²) < 4.78 is 40.3. The molecule has 9 heteroatoms. The van der Waals surface area contributed by atoms with Crippen molar-refractivity contribution in [2.45, 2.75) is 26.6 Å². The van der Waals surface area contributed by atoms with Gasteiger partial charge in [-0.3, -0.25) is 9.48 Å². The van der Waals surface area contributed by atoms with E-state index in [1.807, 2.05) is 6.07 Å². The van der Waals surface area contributed by atoms with E-state index in [4.69, 9.17) is 23.2 Å². The lowest BCUT2D eigenvalue weighted by Crippen LogP contribution is -2.15. The Morgan fingerprint density at radius 1 is 1.10 bits per heavy atom. The van der Waals surface area contributed by atoms with Gasteiger partial charge in [0, 0.05) is 5.56 Å². The van der Waals surface area contributed by atoms with Gasteiger partial charge in [-0.1, -0.05) is 35.3 Å².